The maximum absolute atomic E-state index is 14.4. The number of phenols is 1. The van der Waals surface area contributed by atoms with Gasteiger partial charge in [-0.1, -0.05) is 73.9 Å². The quantitative estimate of drug-likeness (QED) is 0.0125. The number of aliphatic carboxylic acids is 2. The molecule has 0 fully saturated rings. The number of hydrogen-bond donors (Lipinski definition) is 33. The summed E-state index contributed by atoms with van der Waals surface area (Å²) in [6.07, 6.45) is -0.848. The van der Waals surface area contributed by atoms with Crippen LogP contribution >= 0.6 is 24.4 Å². The molecule has 19 amide bonds. The summed E-state index contributed by atoms with van der Waals surface area (Å²) in [6.45, 7) is 12.0. The van der Waals surface area contributed by atoms with E-state index in [1.54, 1.807) is 54.7 Å². The second kappa shape index (κ2) is 65.5. The van der Waals surface area contributed by atoms with Crippen molar-refractivity contribution in [1.29, 1.82) is 5.41 Å². The monoisotopic (exact) mass is 2030 g/mol. The number of amides is 19. The van der Waals surface area contributed by atoms with Crippen LogP contribution in [-0.4, -0.2) is 356 Å². The molecule has 0 saturated heterocycles. The summed E-state index contributed by atoms with van der Waals surface area (Å²) in [4.78, 5) is 284. The Morgan fingerprint density at radius 2 is 0.793 bits per heavy atom. The predicted molar refractivity (Wildman–Crippen MR) is 508 cm³/mol. The highest BCUT2D eigenvalue weighted by Gasteiger charge is 2.40. The summed E-state index contributed by atoms with van der Waals surface area (Å²) in [6, 6.07) is -23.1. The zero-order valence-electron chi connectivity index (χ0n) is 80.7. The predicted octanol–water partition coefficient (Wildman–Crippen LogP) is -11.4. The third kappa shape index (κ3) is 47.0. The minimum atomic E-state index is -1.99. The first-order valence-electron chi connectivity index (χ1n) is 45.4. The SMILES string of the molecule is CC[C@H](C)[C@H](NC(=O)[C@H](CO)NC(=O)[C@H](C)NC(=O)[C@H](CO)NC(=O)[C@@H](NC(=O)[C@H](CCCCN)NC(=O)[C@@H](N)CO)[C@@H](C)O)C(=O)NCC(=O)N[C@@H](CO)C(=O)N[C@@H](CC(C)C)C(=O)N[C@@H](CS)C(=O)N[C@@H](C)C(=O)N[C@@H](CC(=O)O)C(=O)N[C@@H](C)C(=O)N[C@@H](CCCNC(=N)N)C(=O)N[C@@H](CCSC)C(=O)N[C@@H](Cc1ccc(O)cc1)C(=O)NCC(=O)N[C@H](C(=O)N[C@@H](CC(C)C)C(=O)O)C(C)C. The fourth-order valence-corrected chi connectivity index (χ4v) is 13.6. The number of phenolic OH excluding ortho intramolecular Hbond substituents is 1. The second-order valence-electron chi connectivity index (χ2n) is 34.4. The van der Waals surface area contributed by atoms with Gasteiger partial charge in [0.2, 0.25) is 112 Å². The molecule has 1 aromatic carbocycles. The topological polar surface area (TPSA) is 863 Å². The maximum Gasteiger partial charge on any atom is 0.326 e. The number of thiol groups is 1. The highest BCUT2D eigenvalue weighted by molar-refractivity contribution is 7.98. The van der Waals surface area contributed by atoms with Crippen molar-refractivity contribution in [2.45, 2.75) is 269 Å². The summed E-state index contributed by atoms with van der Waals surface area (Å²) in [5, 5.41) is 135. The molecule has 0 unspecified atom stereocenters. The molecule has 20 atom stereocenters. The average Bonchev–Trinajstić information content (AvgIpc) is 0.866. The van der Waals surface area contributed by atoms with Crippen LogP contribution in [0, 0.1) is 29.1 Å². The molecule has 0 bridgehead atoms. The van der Waals surface area contributed by atoms with E-state index in [0.29, 0.717) is 18.4 Å². The van der Waals surface area contributed by atoms with Gasteiger partial charge in [-0.05, 0) is 139 Å². The van der Waals surface area contributed by atoms with E-state index < -0.39 is 314 Å². The number of thioether (sulfide) groups is 1. The molecular weight excluding hydrogens is 1890 g/mol. The summed E-state index contributed by atoms with van der Waals surface area (Å²) >= 11 is 5.44. The van der Waals surface area contributed by atoms with Crippen LogP contribution < -0.4 is 124 Å². The minimum absolute atomic E-state index is 0.0138. The van der Waals surface area contributed by atoms with Crippen molar-refractivity contribution in [3.8, 4) is 5.75 Å². The van der Waals surface area contributed by atoms with Crippen molar-refractivity contribution < 1.29 is 142 Å². The lowest BCUT2D eigenvalue weighted by Crippen LogP contribution is -2.62. The molecule has 0 aliphatic rings. The van der Waals surface area contributed by atoms with Gasteiger partial charge in [-0.25, -0.2) is 4.79 Å². The minimum Gasteiger partial charge on any atom is -0.508 e. The number of nitrogens with two attached hydrogens (primary N) is 3. The van der Waals surface area contributed by atoms with Crippen LogP contribution in [0.15, 0.2) is 24.3 Å². The van der Waals surface area contributed by atoms with Crippen LogP contribution in [0.2, 0.25) is 0 Å². The molecule has 0 aliphatic carbocycles. The fourth-order valence-electron chi connectivity index (χ4n) is 12.9. The lowest BCUT2D eigenvalue weighted by Gasteiger charge is -2.27. The van der Waals surface area contributed by atoms with Crippen molar-refractivity contribution in [3.05, 3.63) is 29.8 Å². The summed E-state index contributed by atoms with van der Waals surface area (Å²) < 4.78 is 0. The third-order valence-electron chi connectivity index (χ3n) is 21.2. The highest BCUT2D eigenvalue weighted by atomic mass is 32.2. The van der Waals surface area contributed by atoms with Gasteiger partial charge in [-0.3, -0.25) is 101 Å². The lowest BCUT2D eigenvalue weighted by molar-refractivity contribution is -0.143. The van der Waals surface area contributed by atoms with Crippen molar-refractivity contribution >= 4 is 155 Å². The molecule has 0 heterocycles. The van der Waals surface area contributed by atoms with E-state index in [-0.39, 0.29) is 81.9 Å². The Morgan fingerprint density at radius 1 is 0.407 bits per heavy atom. The molecular formula is C85H144N24O29S2. The standard InChI is InChI=1S/C85H144N24O29S2/c1-14-42(8)65(108-79(132)59(37-113)104-69(122)45(11)94-77(130)58(36-112)105-83(136)66(46(12)114)109-74(127)50(18-15-16-25-86)98-70(123)49(87)34-110)81(134)92-32-61(116)96-57(35-111)78(131)101-53(28-39(2)3)76(129)106-60(38-139)80(133)95-44(10)68(121)100-55(31-63(118)119)75(128)93-43(9)67(120)97-51(19-17-26-90-85(88)89)72(125)99-52(24-27-140-13)73(126)102-54(30-47-20-22-48(115)23-21-47)71(124)91-33-62(117)107-64(41(6)7)82(135)103-56(84(137)138)29-40(4)5/h20-23,39-46,49-60,64-66,110-115,139H,14-19,24-38,86-87H2,1-13H3,(H,91,124)(H,92,134)(H,93,128)(H,94,130)(H,95,133)(H,96,116)(H,97,120)(H,98,123)(H,99,125)(H,100,121)(H,101,131)(H,102,126)(H,103,135)(H,104,122)(H,105,136)(H,106,129)(H,107,117)(H,108,132)(H,109,127)(H,118,119)(H,137,138)(H4,88,89,90)/t42-,43-,44-,45-,46+,49-,50-,51-,52-,53-,54-,55-,56-,57-,58-,59-,60-,64-,65-,66-/m0/s1. The fraction of sp³-hybridized carbons (Fsp3) is 0.671. The number of nitrogens with one attached hydrogen (secondary N) is 21. The van der Waals surface area contributed by atoms with Crippen molar-refractivity contribution in [2.75, 3.05) is 70.4 Å². The van der Waals surface area contributed by atoms with Gasteiger partial charge in [-0.15, -0.1) is 0 Å². The Kier molecular flexibility index (Phi) is 58.8. The number of carboxylic acids is 2. The van der Waals surface area contributed by atoms with E-state index in [1.165, 1.54) is 43.0 Å². The van der Waals surface area contributed by atoms with Gasteiger partial charge in [-0.2, -0.15) is 24.4 Å². The Hall–Kier alpha value is -12.4. The van der Waals surface area contributed by atoms with E-state index in [1.807, 2.05) is 0 Å². The zero-order valence-corrected chi connectivity index (χ0v) is 82.4. The first-order valence-corrected chi connectivity index (χ1v) is 47.4. The van der Waals surface area contributed by atoms with Gasteiger partial charge in [0.15, 0.2) is 5.96 Å². The van der Waals surface area contributed by atoms with Crippen LogP contribution in [0.3, 0.4) is 0 Å². The Labute approximate surface area is 819 Å². The number of carboxylic acid groups (broad SMARTS) is 2. The first kappa shape index (κ1) is 126. The van der Waals surface area contributed by atoms with E-state index in [9.17, 15) is 142 Å². The number of benzene rings is 1. The summed E-state index contributed by atoms with van der Waals surface area (Å²) in [7, 11) is 0. The molecule has 35 N–H and O–H groups in total. The molecule has 53 nitrogen and oxygen atoms in total. The summed E-state index contributed by atoms with van der Waals surface area (Å²) in [5.41, 5.74) is 17.0. The molecule has 0 spiro atoms. The van der Waals surface area contributed by atoms with Crippen molar-refractivity contribution in [3.63, 3.8) is 0 Å². The Morgan fingerprint density at radius 3 is 1.26 bits per heavy atom. The van der Waals surface area contributed by atoms with E-state index in [2.05, 4.69) is 119 Å². The van der Waals surface area contributed by atoms with Crippen molar-refractivity contribution in [1.82, 2.24) is 106 Å². The number of unbranched alkanes of at least 4 members (excludes halogenated alkanes) is 1. The molecule has 0 aromatic heterocycles. The number of aliphatic hydroxyl groups is 5. The second-order valence-corrected chi connectivity index (χ2v) is 35.7. The Balaban J connectivity index is 3.28. The molecule has 1 aromatic rings. The van der Waals surface area contributed by atoms with Gasteiger partial charge in [0.25, 0.3) is 0 Å². The summed E-state index contributed by atoms with van der Waals surface area (Å²) in [5.74, 6) is -25.8. The van der Waals surface area contributed by atoms with Crippen LogP contribution in [0.4, 0.5) is 0 Å². The number of carbonyl (C=O) groups excluding carboxylic acids is 19. The van der Waals surface area contributed by atoms with Crippen LogP contribution in [-0.2, 0) is 107 Å². The van der Waals surface area contributed by atoms with Crippen molar-refractivity contribution in [2.24, 2.45) is 40.9 Å². The van der Waals surface area contributed by atoms with Gasteiger partial charge >= 0.3 is 11.9 Å². The highest BCUT2D eigenvalue weighted by Crippen LogP contribution is 2.17. The normalized spacial score (nSPS) is 15.5. The van der Waals surface area contributed by atoms with Crippen LogP contribution in [0.1, 0.15) is 153 Å². The molecule has 0 saturated carbocycles. The van der Waals surface area contributed by atoms with E-state index in [0.717, 1.165) is 27.7 Å². The number of aliphatic hydroxyl groups excluding tert-OH is 5. The molecule has 790 valence electrons. The molecule has 140 heavy (non-hydrogen) atoms. The lowest BCUT2D eigenvalue weighted by atomic mass is 9.98. The van der Waals surface area contributed by atoms with Crippen LogP contribution in [0.25, 0.3) is 0 Å². The number of hydrogen-bond acceptors (Lipinski definition) is 32. The molecule has 55 heteroatoms. The number of guanidine groups is 1. The maximum atomic E-state index is 14.4. The first-order chi connectivity index (χ1) is 65.7. The smallest absolute Gasteiger partial charge is 0.326 e. The van der Waals surface area contributed by atoms with E-state index >= 15 is 0 Å². The van der Waals surface area contributed by atoms with E-state index in [4.69, 9.17) is 22.6 Å². The zero-order chi connectivity index (χ0) is 107. The van der Waals surface area contributed by atoms with Gasteiger partial charge in [0.1, 0.15) is 115 Å². The van der Waals surface area contributed by atoms with Gasteiger partial charge in [0, 0.05) is 18.7 Å². The van der Waals surface area contributed by atoms with Crippen LogP contribution in [0.5, 0.6) is 5.75 Å². The van der Waals surface area contributed by atoms with Gasteiger partial charge < -0.3 is 164 Å². The molecule has 0 radical (unpaired) electrons. The average molecular weight is 2030 g/mol. The molecule has 0 aliphatic heterocycles. The Bertz CT molecular complexity index is 4330. The third-order valence-corrected chi connectivity index (χ3v) is 22.2. The number of aromatic hydroxyl groups is 1. The molecule has 1 rings (SSSR count). The van der Waals surface area contributed by atoms with Gasteiger partial charge in [0.05, 0.1) is 52.0 Å². The number of rotatable bonds is 67. The number of carbonyl (C=O) groups is 21. The largest absolute Gasteiger partial charge is 0.508 e.